The second-order valence-electron chi connectivity index (χ2n) is 8.17. The van der Waals surface area contributed by atoms with Crippen molar-refractivity contribution in [3.8, 4) is 0 Å². The molecular weight excluding hydrogens is 244 g/mol. The van der Waals surface area contributed by atoms with Crippen LogP contribution in [-0.2, 0) is 0 Å². The Labute approximate surface area is 124 Å². The molecule has 2 fully saturated rings. The van der Waals surface area contributed by atoms with Crippen LogP contribution >= 0.6 is 0 Å². The standard InChI is InChI=1S/C19H28O/c1-18-9-3-4-16(18)15-6-5-13-12-14(20)7-11-19(13,2)17(15)8-10-18/h3,5,9,14-17,20H,4,6-8,10-12H2,1-2H3/t14-,15-,16-,17-,18-,19-/m0/s1/i6T/t6?,14-,15-,16-,17-,18-,19-. The number of rotatable bonds is 0. The van der Waals surface area contributed by atoms with Crippen LogP contribution in [0.1, 0.15) is 60.1 Å². The highest BCUT2D eigenvalue weighted by Gasteiger charge is 2.54. The lowest BCUT2D eigenvalue weighted by Crippen LogP contribution is -2.49. The molecule has 0 radical (unpaired) electrons. The highest BCUT2D eigenvalue weighted by Crippen LogP contribution is 2.63. The third kappa shape index (κ3) is 1.65. The quantitative estimate of drug-likeness (QED) is 0.646. The van der Waals surface area contributed by atoms with Crippen molar-refractivity contribution in [3.05, 3.63) is 23.8 Å². The lowest BCUT2D eigenvalue weighted by Gasteiger charge is -2.57. The van der Waals surface area contributed by atoms with Crippen LogP contribution in [0.25, 0.3) is 0 Å². The molecule has 4 aliphatic carbocycles. The van der Waals surface area contributed by atoms with Crippen LogP contribution in [-0.4, -0.2) is 11.2 Å². The largest absolute Gasteiger partial charge is 0.393 e. The molecule has 1 heteroatoms. The molecule has 0 aromatic carbocycles. The highest BCUT2D eigenvalue weighted by atomic mass is 16.3. The van der Waals surface area contributed by atoms with Crippen molar-refractivity contribution >= 4 is 0 Å². The number of hydrogen-bond acceptors (Lipinski definition) is 1. The lowest BCUT2D eigenvalue weighted by atomic mass is 9.48. The van der Waals surface area contributed by atoms with Crippen molar-refractivity contribution in [2.45, 2.75) is 64.9 Å². The number of hydrogen-bond donors (Lipinski definition) is 1. The van der Waals surface area contributed by atoms with E-state index in [4.69, 9.17) is 1.37 Å². The molecule has 4 aliphatic rings. The summed E-state index contributed by atoms with van der Waals surface area (Å²) in [6, 6.07) is 0. The van der Waals surface area contributed by atoms with Crippen molar-refractivity contribution < 1.29 is 6.48 Å². The molecular formula is C19H28O. The predicted octanol–water partition coefficient (Wildman–Crippen LogP) is 4.48. The third-order valence-corrected chi connectivity index (χ3v) is 7.18. The molecule has 1 N–H and O–H groups in total. The van der Waals surface area contributed by atoms with Crippen LogP contribution < -0.4 is 0 Å². The normalized spacial score (nSPS) is 58.2. The summed E-state index contributed by atoms with van der Waals surface area (Å²) in [5.41, 5.74) is 2.00. The first-order valence-corrected chi connectivity index (χ1v) is 8.43. The molecule has 0 amide bonds. The van der Waals surface area contributed by atoms with Crippen molar-refractivity contribution in [2.24, 2.45) is 28.6 Å². The monoisotopic (exact) mass is 274 g/mol. The van der Waals surface area contributed by atoms with Crippen molar-refractivity contribution in [1.82, 2.24) is 0 Å². The first-order valence-electron chi connectivity index (χ1n) is 9.01. The Morgan fingerprint density at radius 3 is 2.95 bits per heavy atom. The summed E-state index contributed by atoms with van der Waals surface area (Å²) in [5.74, 6) is 1.84. The maximum atomic E-state index is 10.0. The third-order valence-electron chi connectivity index (χ3n) is 7.18. The second kappa shape index (κ2) is 4.22. The maximum Gasteiger partial charge on any atom is 0.0577 e. The summed E-state index contributed by atoms with van der Waals surface area (Å²) in [7, 11) is 0. The Morgan fingerprint density at radius 2 is 2.10 bits per heavy atom. The summed E-state index contributed by atoms with van der Waals surface area (Å²) in [4.78, 5) is 0. The Bertz CT molecular complexity index is 510. The van der Waals surface area contributed by atoms with Gasteiger partial charge in [-0.15, -0.1) is 0 Å². The number of aliphatic hydroxyl groups excluding tert-OH is 1. The number of fused-ring (bicyclic) bond motifs is 5. The fourth-order valence-electron chi connectivity index (χ4n) is 5.82. The SMILES string of the molecule is [3H]C1C=C2C[C@@H](O)CC[C@]2(C)[C@H]2CC[C@]3(C)C=CC[C@H]3[C@H]12. The van der Waals surface area contributed by atoms with E-state index in [9.17, 15) is 5.11 Å². The Morgan fingerprint density at radius 1 is 1.25 bits per heavy atom. The Balaban J connectivity index is 1.74. The number of aliphatic hydroxyl groups is 1. The fourth-order valence-corrected chi connectivity index (χ4v) is 5.82. The molecule has 20 heavy (non-hydrogen) atoms. The van der Waals surface area contributed by atoms with Gasteiger partial charge in [0, 0.05) is 1.37 Å². The molecule has 4 rings (SSSR count). The van der Waals surface area contributed by atoms with Crippen LogP contribution in [0.3, 0.4) is 0 Å². The van der Waals surface area contributed by atoms with E-state index in [1.165, 1.54) is 24.8 Å². The van der Waals surface area contributed by atoms with Crippen molar-refractivity contribution in [2.75, 3.05) is 0 Å². The van der Waals surface area contributed by atoms with Gasteiger partial charge < -0.3 is 5.11 Å². The first kappa shape index (κ1) is 12.0. The highest BCUT2D eigenvalue weighted by molar-refractivity contribution is 5.26. The van der Waals surface area contributed by atoms with Gasteiger partial charge in [-0.05, 0) is 73.5 Å². The van der Waals surface area contributed by atoms with Crippen LogP contribution in [0.15, 0.2) is 23.8 Å². The zero-order chi connectivity index (χ0) is 14.8. The minimum Gasteiger partial charge on any atom is -0.393 e. The molecule has 2 saturated carbocycles. The van der Waals surface area contributed by atoms with Gasteiger partial charge >= 0.3 is 0 Å². The minimum absolute atomic E-state index is 0.0621. The van der Waals surface area contributed by atoms with Gasteiger partial charge in [0.1, 0.15) is 0 Å². The molecule has 1 nitrogen and oxygen atoms in total. The summed E-state index contributed by atoms with van der Waals surface area (Å²) < 4.78 is 8.72. The molecule has 110 valence electrons. The number of allylic oxidation sites excluding steroid dienone is 3. The van der Waals surface area contributed by atoms with E-state index in [2.05, 4.69) is 32.1 Å². The van der Waals surface area contributed by atoms with Crippen LogP contribution in [0.5, 0.6) is 0 Å². The van der Waals surface area contributed by atoms with E-state index in [-0.39, 0.29) is 17.9 Å². The van der Waals surface area contributed by atoms with E-state index in [1.807, 2.05) is 0 Å². The first-order chi connectivity index (χ1) is 9.94. The molecule has 0 aromatic rings. The molecule has 0 bridgehead atoms. The summed E-state index contributed by atoms with van der Waals surface area (Å²) in [6.07, 6.45) is 13.4. The van der Waals surface area contributed by atoms with E-state index in [1.54, 1.807) is 0 Å². The van der Waals surface area contributed by atoms with E-state index >= 15 is 0 Å². The fraction of sp³-hybridized carbons (Fsp3) is 0.789. The van der Waals surface area contributed by atoms with Crippen LogP contribution in [0, 0.1) is 28.6 Å². The van der Waals surface area contributed by atoms with E-state index < -0.39 is 0 Å². The van der Waals surface area contributed by atoms with Gasteiger partial charge in [0.05, 0.1) is 6.10 Å². The molecule has 0 aliphatic heterocycles. The van der Waals surface area contributed by atoms with Crippen molar-refractivity contribution in [3.63, 3.8) is 0 Å². The Kier molecular flexibility index (Phi) is 2.54. The molecule has 1 unspecified atom stereocenters. The van der Waals surface area contributed by atoms with Gasteiger partial charge in [0.15, 0.2) is 0 Å². The maximum absolute atomic E-state index is 10.0. The zero-order valence-corrected chi connectivity index (χ0v) is 12.8. The van der Waals surface area contributed by atoms with Gasteiger partial charge in [-0.3, -0.25) is 0 Å². The van der Waals surface area contributed by atoms with E-state index in [0.29, 0.717) is 23.2 Å². The summed E-state index contributed by atoms with van der Waals surface area (Å²) in [6.45, 7) is 4.84. The smallest absolute Gasteiger partial charge is 0.0577 e. The van der Waals surface area contributed by atoms with E-state index in [0.717, 1.165) is 19.3 Å². The van der Waals surface area contributed by atoms with Gasteiger partial charge in [-0.2, -0.15) is 0 Å². The van der Waals surface area contributed by atoms with Gasteiger partial charge in [0.25, 0.3) is 0 Å². The van der Waals surface area contributed by atoms with Crippen LogP contribution in [0.2, 0.25) is 0 Å². The molecule has 0 heterocycles. The topological polar surface area (TPSA) is 20.2 Å². The van der Waals surface area contributed by atoms with Gasteiger partial charge in [-0.25, -0.2) is 0 Å². The second-order valence-corrected chi connectivity index (χ2v) is 8.17. The average Bonchev–Trinajstić information content (AvgIpc) is 2.82. The van der Waals surface area contributed by atoms with Crippen LogP contribution in [0.4, 0.5) is 0 Å². The van der Waals surface area contributed by atoms with Gasteiger partial charge in [0.2, 0.25) is 0 Å². The molecule has 0 saturated heterocycles. The van der Waals surface area contributed by atoms with Crippen molar-refractivity contribution in [1.29, 1.82) is 0 Å². The summed E-state index contributed by atoms with van der Waals surface area (Å²) in [5, 5.41) is 10.0. The predicted molar refractivity (Wildman–Crippen MR) is 82.2 cm³/mol. The average molecular weight is 274 g/mol. The molecule has 0 spiro atoms. The van der Waals surface area contributed by atoms with Gasteiger partial charge in [-0.1, -0.05) is 37.6 Å². The summed E-state index contributed by atoms with van der Waals surface area (Å²) >= 11 is 0. The molecule has 0 aromatic heterocycles. The lowest BCUT2D eigenvalue weighted by molar-refractivity contribution is -0.0263. The zero-order valence-electron chi connectivity index (χ0n) is 13.8. The molecule has 7 atom stereocenters. The Hall–Kier alpha value is -0.560. The minimum atomic E-state index is -0.171.